The van der Waals surface area contributed by atoms with Crippen molar-refractivity contribution in [3.05, 3.63) is 24.3 Å². The van der Waals surface area contributed by atoms with E-state index in [9.17, 15) is 74.6 Å². The van der Waals surface area contributed by atoms with Gasteiger partial charge < -0.3 is 88.7 Å². The molecule has 2 saturated heterocycles. The van der Waals surface area contributed by atoms with E-state index in [1.807, 2.05) is 0 Å². The minimum absolute atomic E-state index is 0.00958. The Bertz CT molecular complexity index is 2570. The molecular weight excluding hydrogens is 1550 g/mol. The molecule has 0 aromatic rings. The van der Waals surface area contributed by atoms with E-state index in [2.05, 4.69) is 52.0 Å². The molecule has 0 amide bonds. The average molecular weight is 1720 g/mol. The van der Waals surface area contributed by atoms with Crippen LogP contribution in [0.15, 0.2) is 24.3 Å². The predicted molar refractivity (Wildman–Crippen MR) is 463 cm³/mol. The van der Waals surface area contributed by atoms with Crippen molar-refractivity contribution in [2.75, 3.05) is 26.4 Å². The van der Waals surface area contributed by atoms with E-state index >= 15 is 0 Å². The first-order valence-electron chi connectivity index (χ1n) is 48.1. The zero-order valence-corrected chi connectivity index (χ0v) is 75.3. The van der Waals surface area contributed by atoms with E-state index in [4.69, 9.17) is 46.9 Å². The number of unbranched alkanes of at least 4 members (excludes halogenated alkanes) is 50. The summed E-state index contributed by atoms with van der Waals surface area (Å²) in [5, 5.41) is 102. The average Bonchev–Trinajstić information content (AvgIpc) is 0.754. The Balaban J connectivity index is 1.91. The van der Waals surface area contributed by atoms with Gasteiger partial charge in [0, 0.05) is 25.7 Å². The number of hydrogen-bond acceptors (Lipinski definition) is 24. The maximum atomic E-state index is 14.9. The Morgan fingerprint density at radius 1 is 0.328 bits per heavy atom. The molecule has 18 unspecified atom stereocenters. The highest BCUT2D eigenvalue weighted by molar-refractivity contribution is 7.47. The summed E-state index contributed by atoms with van der Waals surface area (Å²) in [5.74, 6) is -2.98. The largest absolute Gasteiger partial charge is 0.472 e. The lowest BCUT2D eigenvalue weighted by Crippen LogP contribution is -2.70. The second-order valence-electron chi connectivity index (χ2n) is 34.2. The fraction of sp³-hybridized carbons (Fsp3) is 0.914. The molecule has 0 aromatic carbocycles. The lowest BCUT2D eigenvalue weighted by Gasteiger charge is -2.50. The summed E-state index contributed by atoms with van der Waals surface area (Å²) in [4.78, 5) is 66.5. The lowest BCUT2D eigenvalue weighted by molar-refractivity contribution is -0.360. The van der Waals surface area contributed by atoms with Crippen LogP contribution in [0.5, 0.6) is 0 Å². The molecule has 119 heavy (non-hydrogen) atoms. The van der Waals surface area contributed by atoms with Crippen LogP contribution >= 0.6 is 7.82 Å². The van der Waals surface area contributed by atoms with Crippen LogP contribution in [-0.2, 0) is 70.7 Å². The van der Waals surface area contributed by atoms with E-state index in [1.165, 1.54) is 180 Å². The molecule has 0 bridgehead atoms. The van der Waals surface area contributed by atoms with Gasteiger partial charge >= 0.3 is 31.7 Å². The number of phosphoric acid groups is 1. The van der Waals surface area contributed by atoms with Crippen LogP contribution in [0.3, 0.4) is 0 Å². The number of rotatable bonds is 78. The summed E-state index contributed by atoms with van der Waals surface area (Å²) in [6.45, 7) is 5.59. The van der Waals surface area contributed by atoms with E-state index in [0.717, 1.165) is 148 Å². The van der Waals surface area contributed by atoms with Gasteiger partial charge in [0.2, 0.25) is 0 Å². The number of ether oxygens (including phenoxy) is 8. The third-order valence-electron chi connectivity index (χ3n) is 23.4. The van der Waals surface area contributed by atoms with Gasteiger partial charge in [-0.05, 0) is 77.0 Å². The molecule has 3 aliphatic rings. The number of aliphatic hydroxyl groups excluding tert-OH is 9. The molecule has 10 N–H and O–H groups in total. The molecule has 18 atom stereocenters. The Labute approximate surface area is 717 Å². The van der Waals surface area contributed by atoms with Crippen LogP contribution in [0.2, 0.25) is 0 Å². The molecule has 25 nitrogen and oxygen atoms in total. The van der Waals surface area contributed by atoms with Crippen LogP contribution in [0.1, 0.15) is 413 Å². The SMILES string of the molecule is CCCCCC/C=C\CCCCCCCCCC(=O)OCC1OC(OC2C(OC(=O)CCCCCCCCCCCCCCCCCC)C(O)C(O)C(OC3OC(CO)C(O)C(O)C3O)C2OP(=O)(O)OCC(COC(=O)CCCCC/C=C\CCCCCCCC)OC(=O)CCCCCCCCCCCCCCCCCC)C(O)C(O)C1O. The Kier molecular flexibility index (Phi) is 66.7. The monoisotopic (exact) mass is 1720 g/mol. The van der Waals surface area contributed by atoms with Crippen molar-refractivity contribution in [1.29, 1.82) is 0 Å². The first-order valence-corrected chi connectivity index (χ1v) is 49.6. The van der Waals surface area contributed by atoms with Gasteiger partial charge in [-0.25, -0.2) is 4.57 Å². The van der Waals surface area contributed by atoms with Crippen LogP contribution < -0.4 is 0 Å². The number of aliphatic hydroxyl groups is 9. The molecule has 1 saturated carbocycles. The molecule has 3 rings (SSSR count). The highest BCUT2D eigenvalue weighted by atomic mass is 31.2. The third kappa shape index (κ3) is 52.0. The molecule has 2 aliphatic heterocycles. The summed E-state index contributed by atoms with van der Waals surface area (Å²) < 4.78 is 73.5. The van der Waals surface area contributed by atoms with Crippen LogP contribution in [0.4, 0.5) is 0 Å². The second kappa shape index (κ2) is 72.0. The summed E-state index contributed by atoms with van der Waals surface area (Å²) in [6.07, 6.45) is 33.0. The van der Waals surface area contributed by atoms with Crippen LogP contribution in [0, 0.1) is 0 Å². The molecule has 26 heteroatoms. The minimum Gasteiger partial charge on any atom is -0.463 e. The van der Waals surface area contributed by atoms with Gasteiger partial charge in [0.05, 0.1) is 13.2 Å². The van der Waals surface area contributed by atoms with Gasteiger partial charge in [0.25, 0.3) is 0 Å². The molecule has 2 heterocycles. The number of carbonyl (C=O) groups is 4. The van der Waals surface area contributed by atoms with Crippen LogP contribution in [0.25, 0.3) is 0 Å². The molecule has 1 aliphatic carbocycles. The topological polar surface area (TPSA) is 380 Å². The minimum atomic E-state index is -5.81. The van der Waals surface area contributed by atoms with E-state index in [1.54, 1.807) is 0 Å². The summed E-state index contributed by atoms with van der Waals surface area (Å²) in [7, 11) is -5.81. The molecule has 698 valence electrons. The summed E-state index contributed by atoms with van der Waals surface area (Å²) >= 11 is 0. The third-order valence-corrected chi connectivity index (χ3v) is 24.4. The quantitative estimate of drug-likeness (QED) is 0.00889. The van der Waals surface area contributed by atoms with Gasteiger partial charge in [-0.15, -0.1) is 0 Å². The summed E-state index contributed by atoms with van der Waals surface area (Å²) in [6, 6.07) is 0. The van der Waals surface area contributed by atoms with Crippen molar-refractivity contribution >= 4 is 31.7 Å². The Morgan fingerprint density at radius 3 is 1.02 bits per heavy atom. The van der Waals surface area contributed by atoms with E-state index < -0.39 is 162 Å². The zero-order valence-electron chi connectivity index (χ0n) is 74.4. The number of carbonyl (C=O) groups excluding carboxylic acids is 4. The maximum Gasteiger partial charge on any atom is 0.472 e. The zero-order chi connectivity index (χ0) is 86.8. The van der Waals surface area contributed by atoms with Gasteiger partial charge in [0.15, 0.2) is 24.8 Å². The van der Waals surface area contributed by atoms with Gasteiger partial charge in [0.1, 0.15) is 92.6 Å². The molecular formula is C93H171O25P. The summed E-state index contributed by atoms with van der Waals surface area (Å²) in [5.41, 5.74) is 0. The van der Waals surface area contributed by atoms with Crippen molar-refractivity contribution in [3.8, 4) is 0 Å². The highest BCUT2D eigenvalue weighted by Gasteiger charge is 2.60. The van der Waals surface area contributed by atoms with Gasteiger partial charge in [-0.2, -0.15) is 0 Å². The molecule has 0 spiro atoms. The fourth-order valence-electron chi connectivity index (χ4n) is 15.8. The van der Waals surface area contributed by atoms with Crippen molar-refractivity contribution in [3.63, 3.8) is 0 Å². The van der Waals surface area contributed by atoms with E-state index in [-0.39, 0.29) is 25.7 Å². The number of phosphoric ester groups is 1. The fourth-order valence-corrected chi connectivity index (χ4v) is 16.7. The smallest absolute Gasteiger partial charge is 0.463 e. The standard InChI is InChI=1S/C93H171O25P/c1-5-9-13-17-21-25-29-33-36-39-43-47-51-55-59-63-67-78(97)112-73(70-109-76(95)65-61-57-53-49-45-41-32-28-24-20-16-12-8-4)71-111-119(107,108)118-91-89(116-92-86(105)82(101)80(99)74(69-94)113-92)85(104)84(103)88(115-79(98)68-64-60-56-52-48-44-40-37-34-30-26-22-18-14-10-6-2)90(91)117-93-87(106)83(102)81(100)75(114-93)72-110-77(96)66-62-58-54-50-46-42-38-35-31-27-23-19-15-11-7-3/h27,31,41,45,73-75,80-94,99-106H,5-26,28-30,32-40,42-44,46-72H2,1-4H3,(H,107,108)/b31-27-,45-41-. The van der Waals surface area contributed by atoms with Gasteiger partial charge in [-0.1, -0.05) is 335 Å². The Morgan fingerprint density at radius 2 is 0.630 bits per heavy atom. The highest BCUT2D eigenvalue weighted by Crippen LogP contribution is 2.49. The number of hydrogen-bond donors (Lipinski definition) is 10. The van der Waals surface area contributed by atoms with Crippen molar-refractivity contribution < 1.29 is 122 Å². The van der Waals surface area contributed by atoms with Gasteiger partial charge in [-0.3, -0.25) is 28.2 Å². The van der Waals surface area contributed by atoms with Crippen molar-refractivity contribution in [1.82, 2.24) is 0 Å². The lowest BCUT2D eigenvalue weighted by atomic mass is 9.84. The molecule has 0 radical (unpaired) electrons. The number of allylic oxidation sites excluding steroid dienone is 4. The normalized spacial score (nSPS) is 24.9. The van der Waals surface area contributed by atoms with Crippen LogP contribution in [-0.4, -0.2) is 205 Å². The Hall–Kier alpha value is -3.05. The second-order valence-corrected chi connectivity index (χ2v) is 35.6. The van der Waals surface area contributed by atoms with Crippen molar-refractivity contribution in [2.45, 2.75) is 517 Å². The molecule has 0 aromatic heterocycles. The number of esters is 4. The maximum absolute atomic E-state index is 14.9. The first-order chi connectivity index (χ1) is 57.7. The predicted octanol–water partition coefficient (Wildman–Crippen LogP) is 18.1. The van der Waals surface area contributed by atoms with Crippen molar-refractivity contribution in [2.24, 2.45) is 0 Å². The molecule has 3 fully saturated rings. The van der Waals surface area contributed by atoms with E-state index in [0.29, 0.717) is 32.1 Å². The first kappa shape index (κ1) is 110.